The van der Waals surface area contributed by atoms with Gasteiger partial charge in [0.25, 0.3) is 0 Å². The topological polar surface area (TPSA) is 98.8 Å². The number of benzene rings is 1. The molecule has 0 saturated carbocycles. The molecular formula is C23H34N4O4S. The first-order valence-corrected chi connectivity index (χ1v) is 12.8. The summed E-state index contributed by atoms with van der Waals surface area (Å²) in [6, 6.07) is 9.62. The number of carbonyl (C=O) groups is 2. The van der Waals surface area contributed by atoms with E-state index < -0.39 is 15.3 Å². The number of rotatable bonds is 7. The Bertz CT molecular complexity index is 898. The monoisotopic (exact) mass is 462 g/mol. The Labute approximate surface area is 191 Å². The smallest absolute Gasteiger partial charge is 0.317 e. The van der Waals surface area contributed by atoms with Gasteiger partial charge in [-0.1, -0.05) is 36.9 Å². The van der Waals surface area contributed by atoms with Crippen molar-refractivity contribution in [1.82, 2.24) is 19.8 Å². The third kappa shape index (κ3) is 6.10. The molecule has 0 radical (unpaired) electrons. The van der Waals surface area contributed by atoms with Crippen LogP contribution in [0.2, 0.25) is 0 Å². The molecule has 9 heteroatoms. The molecule has 2 saturated heterocycles. The van der Waals surface area contributed by atoms with Gasteiger partial charge in [0.05, 0.1) is 5.25 Å². The highest BCUT2D eigenvalue weighted by atomic mass is 32.2. The van der Waals surface area contributed by atoms with Gasteiger partial charge in [-0.3, -0.25) is 4.79 Å². The van der Waals surface area contributed by atoms with Gasteiger partial charge in [0.15, 0.2) is 0 Å². The summed E-state index contributed by atoms with van der Waals surface area (Å²) in [5.74, 6) is -0.229. The normalized spacial score (nSPS) is 22.8. The summed E-state index contributed by atoms with van der Waals surface area (Å²) in [6.07, 6.45) is 4.05. The van der Waals surface area contributed by atoms with E-state index in [9.17, 15) is 18.0 Å². The third-order valence-electron chi connectivity index (χ3n) is 6.36. The molecule has 8 nitrogen and oxygen atoms in total. The molecule has 1 aromatic carbocycles. The Kier molecular flexibility index (Phi) is 8.31. The van der Waals surface area contributed by atoms with Crippen LogP contribution in [-0.2, 0) is 21.2 Å². The van der Waals surface area contributed by atoms with Gasteiger partial charge in [-0.2, -0.15) is 4.31 Å². The first-order valence-electron chi connectivity index (χ1n) is 11.3. The lowest BCUT2D eigenvalue weighted by molar-refractivity contribution is -0.117. The number of nitrogens with zero attached hydrogens (tertiary/aromatic N) is 2. The Morgan fingerprint density at radius 2 is 1.81 bits per heavy atom. The molecule has 0 aromatic heterocycles. The van der Waals surface area contributed by atoms with E-state index in [2.05, 4.69) is 17.2 Å². The van der Waals surface area contributed by atoms with Crippen molar-refractivity contribution >= 4 is 22.0 Å². The molecule has 0 bridgehead atoms. The first-order chi connectivity index (χ1) is 15.3. The maximum absolute atomic E-state index is 13.2. The van der Waals surface area contributed by atoms with Gasteiger partial charge >= 0.3 is 6.03 Å². The zero-order chi connectivity index (χ0) is 23.1. The first kappa shape index (κ1) is 24.3. The van der Waals surface area contributed by atoms with Gasteiger partial charge in [-0.15, -0.1) is 0 Å². The number of likely N-dealkylation sites (tertiary alicyclic amines) is 1. The zero-order valence-electron chi connectivity index (χ0n) is 18.7. The lowest BCUT2D eigenvalue weighted by atomic mass is 10.0. The number of hydrogen-bond donors (Lipinski definition) is 2. The fraction of sp³-hybridized carbons (Fsp3) is 0.565. The second-order valence-electron chi connectivity index (χ2n) is 8.59. The van der Waals surface area contributed by atoms with Gasteiger partial charge in [0.1, 0.15) is 0 Å². The predicted molar refractivity (Wildman–Crippen MR) is 125 cm³/mol. The molecule has 0 aliphatic carbocycles. The Morgan fingerprint density at radius 1 is 1.12 bits per heavy atom. The number of carbonyl (C=O) groups excluding carboxylic acids is 2. The van der Waals surface area contributed by atoms with Gasteiger partial charge in [-0.05, 0) is 50.7 Å². The van der Waals surface area contributed by atoms with E-state index >= 15 is 0 Å². The molecule has 1 aromatic rings. The molecule has 2 heterocycles. The largest absolute Gasteiger partial charge is 0.350 e. The number of sulfonamides is 1. The second kappa shape index (κ2) is 11.0. The number of amides is 3. The molecule has 2 atom stereocenters. The highest BCUT2D eigenvalue weighted by Gasteiger charge is 2.40. The van der Waals surface area contributed by atoms with E-state index in [1.807, 2.05) is 37.3 Å². The number of piperidine rings is 2. The summed E-state index contributed by atoms with van der Waals surface area (Å²) in [5, 5.41) is 5.33. The minimum atomic E-state index is -3.45. The number of nitrogens with one attached hydrogen (secondary N) is 2. The van der Waals surface area contributed by atoms with Crippen LogP contribution in [0.15, 0.2) is 43.0 Å². The van der Waals surface area contributed by atoms with E-state index in [0.29, 0.717) is 51.9 Å². The summed E-state index contributed by atoms with van der Waals surface area (Å²) < 4.78 is 28.1. The van der Waals surface area contributed by atoms with Crippen molar-refractivity contribution in [2.75, 3.05) is 26.2 Å². The van der Waals surface area contributed by atoms with Crippen LogP contribution >= 0.6 is 0 Å². The van der Waals surface area contributed by atoms with E-state index in [1.165, 1.54) is 11.6 Å². The molecular weight excluding hydrogens is 428 g/mol. The van der Waals surface area contributed by atoms with Crippen LogP contribution in [0.3, 0.4) is 0 Å². The standard InChI is InChI=1S/C23H34N4O4S/c1-3-22(28)25-20-10-16-27(18(2)17-20)32(30,31)21-11-14-26(15-12-21)23(29)24-13-9-19-7-5-4-6-8-19/h3-8,18,20-21H,1,9-17H2,2H3,(H,24,29)(H,25,28). The van der Waals surface area contributed by atoms with Crippen molar-refractivity contribution in [2.24, 2.45) is 0 Å². The third-order valence-corrected chi connectivity index (χ3v) is 8.87. The maximum atomic E-state index is 13.2. The maximum Gasteiger partial charge on any atom is 0.317 e. The average molecular weight is 463 g/mol. The summed E-state index contributed by atoms with van der Waals surface area (Å²) in [7, 11) is -3.45. The van der Waals surface area contributed by atoms with Crippen molar-refractivity contribution in [1.29, 1.82) is 0 Å². The van der Waals surface area contributed by atoms with E-state index in [1.54, 1.807) is 9.21 Å². The summed E-state index contributed by atoms with van der Waals surface area (Å²) in [4.78, 5) is 25.7. The fourth-order valence-corrected chi connectivity index (χ4v) is 6.68. The quantitative estimate of drug-likeness (QED) is 0.605. The van der Waals surface area contributed by atoms with E-state index in [-0.39, 0.29) is 24.0 Å². The number of urea groups is 1. The highest BCUT2D eigenvalue weighted by molar-refractivity contribution is 7.89. The van der Waals surface area contributed by atoms with Crippen molar-refractivity contribution in [2.45, 2.75) is 56.4 Å². The molecule has 3 amide bonds. The lowest BCUT2D eigenvalue weighted by Gasteiger charge is -2.40. The van der Waals surface area contributed by atoms with Crippen molar-refractivity contribution in [3.05, 3.63) is 48.6 Å². The molecule has 2 aliphatic rings. The van der Waals surface area contributed by atoms with Crippen molar-refractivity contribution in [3.63, 3.8) is 0 Å². The summed E-state index contributed by atoms with van der Waals surface area (Å²) in [6.45, 7) is 7.16. The minimum Gasteiger partial charge on any atom is -0.350 e. The van der Waals surface area contributed by atoms with Gasteiger partial charge in [-0.25, -0.2) is 13.2 Å². The van der Waals surface area contributed by atoms with E-state index in [0.717, 1.165) is 6.42 Å². The van der Waals surface area contributed by atoms with Crippen molar-refractivity contribution < 1.29 is 18.0 Å². The highest BCUT2D eigenvalue weighted by Crippen LogP contribution is 2.27. The second-order valence-corrected chi connectivity index (χ2v) is 10.8. The van der Waals surface area contributed by atoms with Crippen molar-refractivity contribution in [3.8, 4) is 0 Å². The molecule has 2 aliphatic heterocycles. The molecule has 0 spiro atoms. The zero-order valence-corrected chi connectivity index (χ0v) is 19.5. The average Bonchev–Trinajstić information content (AvgIpc) is 2.79. The minimum absolute atomic E-state index is 0.0385. The molecule has 2 unspecified atom stereocenters. The summed E-state index contributed by atoms with van der Waals surface area (Å²) >= 11 is 0. The SMILES string of the molecule is C=CC(=O)NC1CCN(S(=O)(=O)C2CCN(C(=O)NCCc3ccccc3)CC2)C(C)C1. The van der Waals surface area contributed by atoms with Gasteiger partial charge < -0.3 is 15.5 Å². The van der Waals surface area contributed by atoms with Gasteiger partial charge in [0.2, 0.25) is 15.9 Å². The molecule has 176 valence electrons. The fourth-order valence-electron chi connectivity index (χ4n) is 4.54. The van der Waals surface area contributed by atoms with Crippen LogP contribution in [0.25, 0.3) is 0 Å². The van der Waals surface area contributed by atoms with Crippen LogP contribution in [0.5, 0.6) is 0 Å². The van der Waals surface area contributed by atoms with Crippen LogP contribution in [0.1, 0.15) is 38.2 Å². The Morgan fingerprint density at radius 3 is 2.44 bits per heavy atom. The Hall–Kier alpha value is -2.39. The Balaban J connectivity index is 1.46. The number of hydrogen-bond acceptors (Lipinski definition) is 4. The lowest BCUT2D eigenvalue weighted by Crippen LogP contribution is -2.55. The molecule has 2 fully saturated rings. The van der Waals surface area contributed by atoms with Crippen LogP contribution < -0.4 is 10.6 Å². The molecule has 3 rings (SSSR count). The van der Waals surface area contributed by atoms with E-state index in [4.69, 9.17) is 0 Å². The molecule has 32 heavy (non-hydrogen) atoms. The predicted octanol–water partition coefficient (Wildman–Crippen LogP) is 1.89. The van der Waals surface area contributed by atoms with Crippen LogP contribution in [-0.4, -0.2) is 73.1 Å². The summed E-state index contributed by atoms with van der Waals surface area (Å²) in [5.41, 5.74) is 1.17. The van der Waals surface area contributed by atoms with Gasteiger partial charge in [0, 0.05) is 38.3 Å². The van der Waals surface area contributed by atoms with Crippen LogP contribution in [0, 0.1) is 0 Å². The van der Waals surface area contributed by atoms with Crippen LogP contribution in [0.4, 0.5) is 4.79 Å². The molecule has 2 N–H and O–H groups in total.